The molecule has 0 fully saturated rings. The lowest BCUT2D eigenvalue weighted by molar-refractivity contribution is 0.389. The van der Waals surface area contributed by atoms with E-state index in [0.29, 0.717) is 0 Å². The molecule has 1 aromatic rings. The summed E-state index contributed by atoms with van der Waals surface area (Å²) in [5.74, 6) is 2.44. The molecule has 0 aliphatic rings. The van der Waals surface area contributed by atoms with Gasteiger partial charge in [0.15, 0.2) is 0 Å². The zero-order valence-corrected chi connectivity index (χ0v) is 12.6. The first-order valence-electron chi connectivity index (χ1n) is 5.99. The largest absolute Gasteiger partial charge is 0.497 e. The fourth-order valence-corrected chi connectivity index (χ4v) is 2.41. The summed E-state index contributed by atoms with van der Waals surface area (Å²) in [6.07, 6.45) is 0. The second-order valence-corrected chi connectivity index (χ2v) is 6.98. The number of hydrogen-bond acceptors (Lipinski definition) is 4. The first-order valence-corrected chi connectivity index (χ1v) is 6.97. The van der Waals surface area contributed by atoms with Gasteiger partial charge in [-0.2, -0.15) is 11.8 Å². The van der Waals surface area contributed by atoms with Crippen LogP contribution in [0.5, 0.6) is 11.5 Å². The Morgan fingerprint density at radius 1 is 1.22 bits per heavy atom. The molecule has 2 N–H and O–H groups in total. The molecule has 0 aliphatic heterocycles. The molecule has 0 amide bonds. The molecular weight excluding hydrogens is 246 g/mol. The summed E-state index contributed by atoms with van der Waals surface area (Å²) in [4.78, 5) is 0. The normalized spacial score (nSPS) is 13.2. The van der Waals surface area contributed by atoms with Crippen molar-refractivity contribution in [3.63, 3.8) is 0 Å². The number of rotatable bonds is 5. The van der Waals surface area contributed by atoms with Crippen LogP contribution in [0.1, 0.15) is 32.4 Å². The van der Waals surface area contributed by atoms with Crippen LogP contribution in [0.2, 0.25) is 0 Å². The molecular formula is C14H23NO2S. The van der Waals surface area contributed by atoms with Gasteiger partial charge in [0.1, 0.15) is 11.5 Å². The Balaban J connectivity index is 2.81. The summed E-state index contributed by atoms with van der Waals surface area (Å²) in [6.45, 7) is 6.57. The van der Waals surface area contributed by atoms with E-state index in [1.807, 2.05) is 30.0 Å². The van der Waals surface area contributed by atoms with Gasteiger partial charge in [0.2, 0.25) is 0 Å². The predicted molar refractivity (Wildman–Crippen MR) is 78.7 cm³/mol. The van der Waals surface area contributed by atoms with Gasteiger partial charge in [-0.1, -0.05) is 26.8 Å². The van der Waals surface area contributed by atoms with Gasteiger partial charge in [-0.15, -0.1) is 0 Å². The van der Waals surface area contributed by atoms with Gasteiger partial charge < -0.3 is 15.2 Å². The van der Waals surface area contributed by atoms with E-state index in [1.54, 1.807) is 14.2 Å². The summed E-state index contributed by atoms with van der Waals surface area (Å²) in [5, 5.41) is 0. The van der Waals surface area contributed by atoms with Gasteiger partial charge in [0, 0.05) is 28.2 Å². The van der Waals surface area contributed by atoms with Crippen molar-refractivity contribution in [2.45, 2.75) is 31.6 Å². The van der Waals surface area contributed by atoms with Gasteiger partial charge in [-0.3, -0.25) is 0 Å². The van der Waals surface area contributed by atoms with Crippen molar-refractivity contribution in [3.8, 4) is 11.5 Å². The van der Waals surface area contributed by atoms with Crippen LogP contribution in [0.3, 0.4) is 0 Å². The summed E-state index contributed by atoms with van der Waals surface area (Å²) in [5.41, 5.74) is 7.25. The minimum absolute atomic E-state index is 0.0323. The van der Waals surface area contributed by atoms with Crippen molar-refractivity contribution in [2.75, 3.05) is 20.0 Å². The molecule has 18 heavy (non-hydrogen) atoms. The van der Waals surface area contributed by atoms with Crippen LogP contribution in [-0.2, 0) is 0 Å². The van der Waals surface area contributed by atoms with E-state index in [0.717, 1.165) is 22.8 Å². The Hall–Kier alpha value is -0.870. The second-order valence-electron chi connectivity index (χ2n) is 5.14. The molecule has 1 unspecified atom stereocenters. The molecule has 0 bridgehead atoms. The molecule has 0 spiro atoms. The fraction of sp³-hybridized carbons (Fsp3) is 0.571. The quantitative estimate of drug-likeness (QED) is 0.891. The van der Waals surface area contributed by atoms with Crippen LogP contribution in [0.15, 0.2) is 18.2 Å². The van der Waals surface area contributed by atoms with E-state index in [4.69, 9.17) is 15.2 Å². The summed E-state index contributed by atoms with van der Waals surface area (Å²) in [7, 11) is 3.30. The van der Waals surface area contributed by atoms with Gasteiger partial charge in [0.25, 0.3) is 0 Å². The SMILES string of the molecule is COc1ccc(C(N)CSC(C)(C)C)c(OC)c1. The second kappa shape index (κ2) is 6.34. The molecule has 102 valence electrons. The maximum Gasteiger partial charge on any atom is 0.127 e. The van der Waals surface area contributed by atoms with Crippen LogP contribution < -0.4 is 15.2 Å². The van der Waals surface area contributed by atoms with Gasteiger partial charge >= 0.3 is 0 Å². The molecule has 0 radical (unpaired) electrons. The third-order valence-corrected chi connectivity index (χ3v) is 3.93. The van der Waals surface area contributed by atoms with Crippen molar-refractivity contribution in [1.82, 2.24) is 0 Å². The average molecular weight is 269 g/mol. The highest BCUT2D eigenvalue weighted by Crippen LogP contribution is 2.32. The number of thioether (sulfide) groups is 1. The van der Waals surface area contributed by atoms with E-state index in [-0.39, 0.29) is 10.8 Å². The minimum atomic E-state index is -0.0323. The summed E-state index contributed by atoms with van der Waals surface area (Å²) >= 11 is 1.85. The van der Waals surface area contributed by atoms with Gasteiger partial charge in [0.05, 0.1) is 14.2 Å². The zero-order chi connectivity index (χ0) is 13.8. The Bertz CT molecular complexity index is 388. The molecule has 1 rings (SSSR count). The van der Waals surface area contributed by atoms with E-state index in [9.17, 15) is 0 Å². The van der Waals surface area contributed by atoms with Crippen LogP contribution >= 0.6 is 11.8 Å². The topological polar surface area (TPSA) is 44.5 Å². The number of benzene rings is 1. The van der Waals surface area contributed by atoms with Crippen LogP contribution in [0.4, 0.5) is 0 Å². The molecule has 0 aromatic heterocycles. The molecule has 1 atom stereocenters. The molecule has 0 saturated carbocycles. The minimum Gasteiger partial charge on any atom is -0.497 e. The first-order chi connectivity index (χ1) is 8.37. The third kappa shape index (κ3) is 4.42. The van der Waals surface area contributed by atoms with Crippen LogP contribution in [-0.4, -0.2) is 24.7 Å². The lowest BCUT2D eigenvalue weighted by Crippen LogP contribution is -2.18. The highest BCUT2D eigenvalue weighted by molar-refractivity contribution is 8.00. The Kier molecular flexibility index (Phi) is 5.35. The number of methoxy groups -OCH3 is 2. The van der Waals surface area contributed by atoms with Crippen molar-refractivity contribution < 1.29 is 9.47 Å². The van der Waals surface area contributed by atoms with E-state index in [1.165, 1.54) is 0 Å². The van der Waals surface area contributed by atoms with Gasteiger partial charge in [-0.05, 0) is 6.07 Å². The van der Waals surface area contributed by atoms with Crippen molar-refractivity contribution in [3.05, 3.63) is 23.8 Å². The monoisotopic (exact) mass is 269 g/mol. The molecule has 4 heteroatoms. The molecule has 0 aliphatic carbocycles. The Morgan fingerprint density at radius 3 is 2.39 bits per heavy atom. The number of ether oxygens (including phenoxy) is 2. The lowest BCUT2D eigenvalue weighted by Gasteiger charge is -2.22. The number of hydrogen-bond donors (Lipinski definition) is 1. The predicted octanol–water partition coefficient (Wildman–Crippen LogP) is 3.24. The van der Waals surface area contributed by atoms with Crippen molar-refractivity contribution >= 4 is 11.8 Å². The summed E-state index contributed by atoms with van der Waals surface area (Å²) in [6, 6.07) is 5.73. The molecule has 0 heterocycles. The summed E-state index contributed by atoms with van der Waals surface area (Å²) < 4.78 is 10.8. The number of nitrogens with two attached hydrogens (primary N) is 1. The average Bonchev–Trinajstić information content (AvgIpc) is 2.34. The highest BCUT2D eigenvalue weighted by Gasteiger charge is 2.17. The maximum atomic E-state index is 6.23. The fourth-order valence-electron chi connectivity index (χ4n) is 1.55. The van der Waals surface area contributed by atoms with Crippen molar-refractivity contribution in [2.24, 2.45) is 5.73 Å². The molecule has 1 aromatic carbocycles. The van der Waals surface area contributed by atoms with Gasteiger partial charge in [-0.25, -0.2) is 0 Å². The van der Waals surface area contributed by atoms with Crippen LogP contribution in [0.25, 0.3) is 0 Å². The van der Waals surface area contributed by atoms with E-state index < -0.39 is 0 Å². The standard InChI is InChI=1S/C14H23NO2S/c1-14(2,3)18-9-12(15)11-7-6-10(16-4)8-13(11)17-5/h6-8,12H,9,15H2,1-5H3. The smallest absolute Gasteiger partial charge is 0.127 e. The highest BCUT2D eigenvalue weighted by atomic mass is 32.2. The van der Waals surface area contributed by atoms with Crippen molar-refractivity contribution in [1.29, 1.82) is 0 Å². The van der Waals surface area contributed by atoms with E-state index >= 15 is 0 Å². The van der Waals surface area contributed by atoms with Crippen LogP contribution in [0, 0.1) is 0 Å². The lowest BCUT2D eigenvalue weighted by atomic mass is 10.1. The maximum absolute atomic E-state index is 6.23. The molecule has 0 saturated heterocycles. The first kappa shape index (κ1) is 15.2. The third-order valence-electron chi connectivity index (χ3n) is 2.54. The Morgan fingerprint density at radius 2 is 1.89 bits per heavy atom. The zero-order valence-electron chi connectivity index (χ0n) is 11.8. The molecule has 3 nitrogen and oxygen atoms in total. The van der Waals surface area contributed by atoms with E-state index in [2.05, 4.69) is 20.8 Å². The Labute approximate surface area is 114 Å².